The number of carbonyl (C=O) groups is 1. The summed E-state index contributed by atoms with van der Waals surface area (Å²) in [5, 5.41) is 8.21. The number of amides is 1. The van der Waals surface area contributed by atoms with Crippen LogP contribution in [0.4, 0.5) is 10.1 Å². The molecule has 8 heteroatoms. The van der Waals surface area contributed by atoms with Crippen molar-refractivity contribution >= 4 is 22.5 Å². The number of ether oxygens (including phenoxy) is 2. The summed E-state index contributed by atoms with van der Waals surface area (Å²) in [5.74, 6) is 1.77. The predicted molar refractivity (Wildman–Crippen MR) is 125 cm³/mol. The van der Waals surface area contributed by atoms with Crippen molar-refractivity contribution in [1.29, 1.82) is 0 Å². The third-order valence-electron chi connectivity index (χ3n) is 7.85. The largest absolute Gasteiger partial charge is 0.490 e. The van der Waals surface area contributed by atoms with Crippen molar-refractivity contribution in [2.45, 2.75) is 44.8 Å². The van der Waals surface area contributed by atoms with Crippen LogP contribution in [0, 0.1) is 29.5 Å². The molecule has 178 valence electrons. The zero-order valence-electron chi connectivity index (χ0n) is 19.2. The highest BCUT2D eigenvalue weighted by Crippen LogP contribution is 2.61. The van der Waals surface area contributed by atoms with E-state index in [-0.39, 0.29) is 23.7 Å². The molecule has 3 fully saturated rings. The zero-order valence-corrected chi connectivity index (χ0v) is 19.2. The van der Waals surface area contributed by atoms with Gasteiger partial charge in [-0.15, -0.1) is 0 Å². The fraction of sp³-hybridized carbons (Fsp3) is 0.500. The van der Waals surface area contributed by atoms with Crippen molar-refractivity contribution < 1.29 is 18.7 Å². The van der Waals surface area contributed by atoms with E-state index < -0.39 is 0 Å². The van der Waals surface area contributed by atoms with Crippen LogP contribution in [0.15, 0.2) is 42.9 Å². The maximum atomic E-state index is 13.7. The molecule has 1 N–H and O–H groups in total. The number of rotatable bonds is 6. The summed E-state index contributed by atoms with van der Waals surface area (Å²) in [5.41, 5.74) is 1.48. The molecule has 1 saturated heterocycles. The summed E-state index contributed by atoms with van der Waals surface area (Å²) in [6.07, 6.45) is 9.20. The van der Waals surface area contributed by atoms with Crippen molar-refractivity contribution in [2.75, 3.05) is 18.5 Å². The Bertz CT molecular complexity index is 1200. The maximum Gasteiger partial charge on any atom is 0.227 e. The first-order chi connectivity index (χ1) is 16.6. The highest BCUT2D eigenvalue weighted by atomic mass is 19.1. The van der Waals surface area contributed by atoms with Gasteiger partial charge in [0.15, 0.2) is 0 Å². The van der Waals surface area contributed by atoms with Crippen LogP contribution in [0.1, 0.15) is 38.6 Å². The zero-order chi connectivity index (χ0) is 23.2. The first kappa shape index (κ1) is 21.5. The molecular weight excluding hydrogens is 435 g/mol. The van der Waals surface area contributed by atoms with Gasteiger partial charge < -0.3 is 14.8 Å². The second-order valence-corrected chi connectivity index (χ2v) is 9.92. The van der Waals surface area contributed by atoms with Crippen LogP contribution >= 0.6 is 0 Å². The molecule has 3 aromatic rings. The van der Waals surface area contributed by atoms with Gasteiger partial charge >= 0.3 is 0 Å². The van der Waals surface area contributed by atoms with Gasteiger partial charge in [0.2, 0.25) is 5.91 Å². The highest BCUT2D eigenvalue weighted by Gasteiger charge is 2.59. The topological polar surface area (TPSA) is 78.3 Å². The fourth-order valence-corrected chi connectivity index (χ4v) is 6.04. The molecule has 2 aromatic heterocycles. The minimum absolute atomic E-state index is 0.0546. The second-order valence-electron chi connectivity index (χ2n) is 9.92. The standard InChI is InChI=1S/C26H29FN4O3/c1-15(26(32)30-17-13-29-31(14-17)18-5-8-33-9-6-18)25-20-11-19(12-21(20)25)34-24-4-7-28-23-3-2-16(27)10-22(23)24/h2-4,7,10,13-15,18-21,25H,5-6,8-9,11-12H2,1H3,(H,30,32)/t15?,19-,20+,21-,25-. The van der Waals surface area contributed by atoms with Crippen LogP contribution < -0.4 is 10.1 Å². The van der Waals surface area contributed by atoms with Gasteiger partial charge in [-0.2, -0.15) is 5.10 Å². The third-order valence-corrected chi connectivity index (χ3v) is 7.85. The molecule has 6 rings (SSSR count). The molecule has 7 nitrogen and oxygen atoms in total. The summed E-state index contributed by atoms with van der Waals surface area (Å²) < 4.78 is 27.4. The number of benzene rings is 1. The average molecular weight is 465 g/mol. The Morgan fingerprint density at radius 2 is 2.03 bits per heavy atom. The van der Waals surface area contributed by atoms with Crippen molar-refractivity contribution in [3.63, 3.8) is 0 Å². The number of anilines is 1. The first-order valence-corrected chi connectivity index (χ1v) is 12.2. The van der Waals surface area contributed by atoms with E-state index in [1.807, 2.05) is 17.8 Å². The molecule has 0 spiro atoms. The maximum absolute atomic E-state index is 13.7. The van der Waals surface area contributed by atoms with E-state index in [4.69, 9.17) is 9.47 Å². The van der Waals surface area contributed by atoms with Gasteiger partial charge in [-0.1, -0.05) is 6.92 Å². The normalized spacial score (nSPS) is 27.4. The lowest BCUT2D eigenvalue weighted by molar-refractivity contribution is -0.120. The average Bonchev–Trinajstić information content (AvgIpc) is 3.15. The lowest BCUT2D eigenvalue weighted by atomic mass is 9.97. The number of hydrogen-bond acceptors (Lipinski definition) is 5. The minimum atomic E-state index is -0.294. The molecule has 1 aromatic carbocycles. The third kappa shape index (κ3) is 4.04. The number of nitrogens with zero attached hydrogens (tertiary/aromatic N) is 3. The fourth-order valence-electron chi connectivity index (χ4n) is 6.04. The van der Waals surface area contributed by atoms with E-state index in [1.165, 1.54) is 12.1 Å². The van der Waals surface area contributed by atoms with Gasteiger partial charge in [0.25, 0.3) is 0 Å². The number of nitrogens with one attached hydrogen (secondary N) is 1. The second kappa shape index (κ2) is 8.65. The minimum Gasteiger partial charge on any atom is -0.490 e. The summed E-state index contributed by atoms with van der Waals surface area (Å²) in [7, 11) is 0. The van der Waals surface area contributed by atoms with Crippen molar-refractivity contribution in [3.8, 4) is 5.75 Å². The van der Waals surface area contributed by atoms with Crippen LogP contribution in [-0.2, 0) is 9.53 Å². The Morgan fingerprint density at radius 3 is 2.82 bits per heavy atom. The van der Waals surface area contributed by atoms with Gasteiger partial charge in [0.1, 0.15) is 11.6 Å². The van der Waals surface area contributed by atoms with Crippen LogP contribution in [0.5, 0.6) is 5.75 Å². The van der Waals surface area contributed by atoms with E-state index in [0.29, 0.717) is 34.9 Å². The Balaban J connectivity index is 1.04. The van der Waals surface area contributed by atoms with Crippen molar-refractivity contribution in [1.82, 2.24) is 14.8 Å². The Morgan fingerprint density at radius 1 is 1.24 bits per heavy atom. The number of halogens is 1. The van der Waals surface area contributed by atoms with E-state index in [1.54, 1.807) is 24.5 Å². The van der Waals surface area contributed by atoms with E-state index >= 15 is 0 Å². The molecule has 34 heavy (non-hydrogen) atoms. The summed E-state index contributed by atoms with van der Waals surface area (Å²) in [6, 6.07) is 6.71. The SMILES string of the molecule is CC(C(=O)Nc1cnn(C2CCOCC2)c1)[C@H]1[C@@H]2C[C@H](Oc3ccnc4ccc(F)cc34)C[C@@H]21. The lowest BCUT2D eigenvalue weighted by Gasteiger charge is -2.22. The van der Waals surface area contributed by atoms with Gasteiger partial charge in [0.05, 0.1) is 29.5 Å². The lowest BCUT2D eigenvalue weighted by Crippen LogP contribution is -2.25. The molecule has 5 atom stereocenters. The molecule has 2 saturated carbocycles. The van der Waals surface area contributed by atoms with Crippen LogP contribution in [0.25, 0.3) is 10.9 Å². The van der Waals surface area contributed by atoms with Crippen molar-refractivity contribution in [3.05, 3.63) is 48.7 Å². The smallest absolute Gasteiger partial charge is 0.227 e. The number of pyridine rings is 1. The quantitative estimate of drug-likeness (QED) is 0.577. The molecule has 0 bridgehead atoms. The monoisotopic (exact) mass is 464 g/mol. The van der Waals surface area contributed by atoms with Crippen LogP contribution in [0.2, 0.25) is 0 Å². The van der Waals surface area contributed by atoms with E-state index in [2.05, 4.69) is 15.4 Å². The molecule has 1 aliphatic heterocycles. The van der Waals surface area contributed by atoms with E-state index in [0.717, 1.165) is 50.1 Å². The van der Waals surface area contributed by atoms with Crippen LogP contribution in [-0.4, -0.2) is 40.0 Å². The van der Waals surface area contributed by atoms with Gasteiger partial charge in [-0.05, 0) is 67.7 Å². The summed E-state index contributed by atoms with van der Waals surface area (Å²) >= 11 is 0. The summed E-state index contributed by atoms with van der Waals surface area (Å²) in [4.78, 5) is 17.2. The molecule has 1 unspecified atom stereocenters. The number of aromatic nitrogens is 3. The molecule has 3 heterocycles. The Labute approximate surface area is 197 Å². The molecule has 2 aliphatic carbocycles. The van der Waals surface area contributed by atoms with Crippen molar-refractivity contribution in [2.24, 2.45) is 23.7 Å². The van der Waals surface area contributed by atoms with Gasteiger partial charge in [-0.3, -0.25) is 14.5 Å². The molecule has 1 amide bonds. The molecule has 3 aliphatic rings. The number of fused-ring (bicyclic) bond motifs is 2. The van der Waals surface area contributed by atoms with Gasteiger partial charge in [-0.25, -0.2) is 4.39 Å². The summed E-state index contributed by atoms with van der Waals surface area (Å²) in [6.45, 7) is 3.54. The van der Waals surface area contributed by atoms with E-state index in [9.17, 15) is 9.18 Å². The molecule has 0 radical (unpaired) electrons. The number of carbonyl (C=O) groups excluding carboxylic acids is 1. The molecular formula is C26H29FN4O3. The number of hydrogen-bond donors (Lipinski definition) is 1. The highest BCUT2D eigenvalue weighted by molar-refractivity contribution is 5.92. The Kier molecular flexibility index (Phi) is 5.48. The first-order valence-electron chi connectivity index (χ1n) is 12.2. The predicted octanol–water partition coefficient (Wildman–Crippen LogP) is 4.60. The Hall–Kier alpha value is -3.00. The van der Waals surface area contributed by atoms with Gasteiger partial charge in [0, 0.05) is 36.9 Å². The van der Waals surface area contributed by atoms with Crippen LogP contribution in [0.3, 0.4) is 0 Å².